The summed E-state index contributed by atoms with van der Waals surface area (Å²) >= 11 is 1.32. The van der Waals surface area contributed by atoms with E-state index in [1.54, 1.807) is 19.2 Å². The summed E-state index contributed by atoms with van der Waals surface area (Å²) in [6.07, 6.45) is 2.34. The van der Waals surface area contributed by atoms with Crippen LogP contribution in [0.2, 0.25) is 0 Å². The molecule has 1 N–H and O–H groups in total. The molecule has 0 radical (unpaired) electrons. The molecule has 4 nitrogen and oxygen atoms in total. The molecule has 6 heteroatoms. The van der Waals surface area contributed by atoms with Gasteiger partial charge in [0, 0.05) is 16.6 Å². The fraction of sp³-hybridized carbons (Fsp3) is 0.318. The average Bonchev–Trinajstić information content (AvgIpc) is 3.39. The number of amides is 1. The van der Waals surface area contributed by atoms with Crippen LogP contribution in [0.4, 0.5) is 4.39 Å². The highest BCUT2D eigenvalue weighted by atomic mass is 32.1. The molecule has 3 aromatic rings. The van der Waals surface area contributed by atoms with Crippen molar-refractivity contribution in [2.45, 2.75) is 18.9 Å². The minimum absolute atomic E-state index is 0.0904. The molecule has 1 fully saturated rings. The number of halogens is 1. The molecule has 2 heterocycles. The van der Waals surface area contributed by atoms with Crippen molar-refractivity contribution in [3.8, 4) is 5.75 Å². The molecule has 1 atom stereocenters. The largest absolute Gasteiger partial charge is 0.497 e. The predicted octanol–water partition coefficient (Wildman–Crippen LogP) is 4.62. The first-order valence-corrected chi connectivity index (χ1v) is 10.3. The smallest absolute Gasteiger partial charge is 0.261 e. The number of hydrogen-bond donors (Lipinski definition) is 1. The second-order valence-corrected chi connectivity index (χ2v) is 8.09. The molecule has 2 aromatic carbocycles. The topological polar surface area (TPSA) is 41.6 Å². The SMILES string of the molecule is COc1cccc(C(CNC(=O)c2cc3c(F)cccc3s2)N2CCCC2)c1. The molecule has 1 aliphatic rings. The summed E-state index contributed by atoms with van der Waals surface area (Å²) in [6, 6.07) is 14.7. The van der Waals surface area contributed by atoms with Crippen LogP contribution in [-0.4, -0.2) is 37.6 Å². The van der Waals surface area contributed by atoms with E-state index < -0.39 is 0 Å². The van der Waals surface area contributed by atoms with Gasteiger partial charge in [-0.1, -0.05) is 18.2 Å². The third-order valence-electron chi connectivity index (χ3n) is 5.25. The Bertz CT molecular complexity index is 982. The van der Waals surface area contributed by atoms with E-state index in [9.17, 15) is 9.18 Å². The van der Waals surface area contributed by atoms with Gasteiger partial charge in [-0.05, 0) is 61.8 Å². The number of rotatable bonds is 6. The molecule has 0 spiro atoms. The highest BCUT2D eigenvalue weighted by Gasteiger charge is 2.25. The van der Waals surface area contributed by atoms with Crippen molar-refractivity contribution < 1.29 is 13.9 Å². The molecule has 1 amide bonds. The number of likely N-dealkylation sites (tertiary alicyclic amines) is 1. The molecule has 1 saturated heterocycles. The zero-order chi connectivity index (χ0) is 19.5. The molecule has 146 valence electrons. The molecular formula is C22H23FN2O2S. The Morgan fingerprint density at radius 3 is 2.75 bits per heavy atom. The lowest BCUT2D eigenvalue weighted by Gasteiger charge is -2.28. The van der Waals surface area contributed by atoms with Gasteiger partial charge in [0.2, 0.25) is 0 Å². The maximum absolute atomic E-state index is 13.9. The van der Waals surface area contributed by atoms with E-state index in [1.165, 1.54) is 30.2 Å². The van der Waals surface area contributed by atoms with Crippen molar-refractivity contribution in [2.24, 2.45) is 0 Å². The standard InChI is InChI=1S/C22H23FN2O2S/c1-27-16-7-4-6-15(12-16)19(25-10-2-3-11-25)14-24-22(26)21-13-17-18(23)8-5-9-20(17)28-21/h4-9,12-13,19H,2-3,10-11,14H2,1H3,(H,24,26). The Kier molecular flexibility index (Phi) is 5.59. The monoisotopic (exact) mass is 398 g/mol. The predicted molar refractivity (Wildman–Crippen MR) is 111 cm³/mol. The van der Waals surface area contributed by atoms with Gasteiger partial charge in [0.15, 0.2) is 0 Å². The summed E-state index contributed by atoms with van der Waals surface area (Å²) in [4.78, 5) is 15.7. The molecule has 4 rings (SSSR count). The van der Waals surface area contributed by atoms with Crippen LogP contribution in [-0.2, 0) is 0 Å². The van der Waals surface area contributed by atoms with Crippen molar-refractivity contribution >= 4 is 27.3 Å². The average molecular weight is 399 g/mol. The lowest BCUT2D eigenvalue weighted by Crippen LogP contribution is -2.36. The van der Waals surface area contributed by atoms with Gasteiger partial charge in [0.05, 0.1) is 18.0 Å². The van der Waals surface area contributed by atoms with E-state index in [0.29, 0.717) is 16.8 Å². The van der Waals surface area contributed by atoms with E-state index in [2.05, 4.69) is 16.3 Å². The molecular weight excluding hydrogens is 375 g/mol. The van der Waals surface area contributed by atoms with Crippen LogP contribution in [0.15, 0.2) is 48.5 Å². The van der Waals surface area contributed by atoms with Gasteiger partial charge in [-0.15, -0.1) is 11.3 Å². The number of benzene rings is 2. The Hall–Kier alpha value is -2.44. The number of methoxy groups -OCH3 is 1. The van der Waals surface area contributed by atoms with Gasteiger partial charge in [-0.25, -0.2) is 4.39 Å². The molecule has 1 aromatic heterocycles. The van der Waals surface area contributed by atoms with Crippen LogP contribution in [0.1, 0.15) is 34.1 Å². The minimum Gasteiger partial charge on any atom is -0.497 e. The number of hydrogen-bond acceptors (Lipinski definition) is 4. The highest BCUT2D eigenvalue weighted by Crippen LogP contribution is 2.29. The fourth-order valence-electron chi connectivity index (χ4n) is 3.77. The molecule has 28 heavy (non-hydrogen) atoms. The summed E-state index contributed by atoms with van der Waals surface area (Å²) in [5, 5.41) is 3.56. The van der Waals surface area contributed by atoms with Gasteiger partial charge in [-0.3, -0.25) is 9.69 Å². The number of nitrogens with zero attached hydrogens (tertiary/aromatic N) is 1. The Labute approximate surface area is 167 Å². The number of ether oxygens (including phenoxy) is 1. The summed E-state index contributed by atoms with van der Waals surface area (Å²) in [6.45, 7) is 2.54. The van der Waals surface area contributed by atoms with E-state index in [1.807, 2.05) is 24.3 Å². The number of carbonyl (C=O) groups is 1. The van der Waals surface area contributed by atoms with Crippen LogP contribution in [0.25, 0.3) is 10.1 Å². The Morgan fingerprint density at radius 2 is 2.00 bits per heavy atom. The third kappa shape index (κ3) is 3.88. The first kappa shape index (κ1) is 18.9. The molecule has 1 aliphatic heterocycles. The minimum atomic E-state index is -0.292. The lowest BCUT2D eigenvalue weighted by molar-refractivity contribution is 0.0942. The first-order valence-electron chi connectivity index (χ1n) is 9.50. The summed E-state index contributed by atoms with van der Waals surface area (Å²) in [5.74, 6) is 0.361. The van der Waals surface area contributed by atoms with Crippen LogP contribution >= 0.6 is 11.3 Å². The second-order valence-electron chi connectivity index (χ2n) is 7.01. The van der Waals surface area contributed by atoms with Gasteiger partial charge >= 0.3 is 0 Å². The van der Waals surface area contributed by atoms with Crippen LogP contribution in [0, 0.1) is 5.82 Å². The quantitative estimate of drug-likeness (QED) is 0.659. The number of carbonyl (C=O) groups excluding carboxylic acids is 1. The normalized spacial score (nSPS) is 15.6. The maximum Gasteiger partial charge on any atom is 0.261 e. The zero-order valence-corrected chi connectivity index (χ0v) is 16.6. The van der Waals surface area contributed by atoms with Gasteiger partial charge in [0.1, 0.15) is 11.6 Å². The maximum atomic E-state index is 13.9. The Morgan fingerprint density at radius 1 is 1.21 bits per heavy atom. The number of fused-ring (bicyclic) bond motifs is 1. The molecule has 0 saturated carbocycles. The molecule has 1 unspecified atom stereocenters. The lowest BCUT2D eigenvalue weighted by atomic mass is 10.0. The van der Waals surface area contributed by atoms with Gasteiger partial charge in [0.25, 0.3) is 5.91 Å². The fourth-order valence-corrected chi connectivity index (χ4v) is 4.77. The van der Waals surface area contributed by atoms with Crippen LogP contribution in [0.5, 0.6) is 5.75 Å². The Balaban J connectivity index is 1.53. The van der Waals surface area contributed by atoms with Crippen molar-refractivity contribution in [1.82, 2.24) is 10.2 Å². The van der Waals surface area contributed by atoms with Crippen LogP contribution < -0.4 is 10.1 Å². The summed E-state index contributed by atoms with van der Waals surface area (Å²) < 4.78 is 20.1. The van der Waals surface area contributed by atoms with E-state index >= 15 is 0 Å². The molecule has 0 aliphatic carbocycles. The molecule has 0 bridgehead atoms. The summed E-state index contributed by atoms with van der Waals surface area (Å²) in [7, 11) is 1.66. The number of nitrogens with one attached hydrogen (secondary N) is 1. The first-order chi connectivity index (χ1) is 13.7. The van der Waals surface area contributed by atoms with Crippen LogP contribution in [0.3, 0.4) is 0 Å². The van der Waals surface area contributed by atoms with Crippen molar-refractivity contribution in [3.63, 3.8) is 0 Å². The zero-order valence-electron chi connectivity index (χ0n) is 15.8. The van der Waals surface area contributed by atoms with Gasteiger partial charge < -0.3 is 10.1 Å². The highest BCUT2D eigenvalue weighted by molar-refractivity contribution is 7.20. The number of thiophene rings is 1. The van der Waals surface area contributed by atoms with E-state index in [4.69, 9.17) is 4.74 Å². The van der Waals surface area contributed by atoms with Crippen molar-refractivity contribution in [3.05, 3.63) is 64.8 Å². The van der Waals surface area contributed by atoms with E-state index in [-0.39, 0.29) is 17.8 Å². The van der Waals surface area contributed by atoms with Crippen molar-refractivity contribution in [1.29, 1.82) is 0 Å². The van der Waals surface area contributed by atoms with Crippen molar-refractivity contribution in [2.75, 3.05) is 26.7 Å². The van der Waals surface area contributed by atoms with Gasteiger partial charge in [-0.2, -0.15) is 0 Å². The summed E-state index contributed by atoms with van der Waals surface area (Å²) in [5.41, 5.74) is 1.13. The second kappa shape index (κ2) is 8.29. The third-order valence-corrected chi connectivity index (χ3v) is 6.35. The van der Waals surface area contributed by atoms with E-state index in [0.717, 1.165) is 29.1 Å².